The minimum Gasteiger partial charge on any atom is -0.503 e. The highest BCUT2D eigenvalue weighted by Crippen LogP contribution is 2.45. The molecule has 2 aliphatic heterocycles. The van der Waals surface area contributed by atoms with Crippen LogP contribution in [0.15, 0.2) is 48.0 Å². The summed E-state index contributed by atoms with van der Waals surface area (Å²) < 4.78 is 1.51. The van der Waals surface area contributed by atoms with Crippen molar-refractivity contribution in [3.05, 3.63) is 64.6 Å². The Morgan fingerprint density at radius 3 is 2.53 bits per heavy atom. The van der Waals surface area contributed by atoms with Crippen molar-refractivity contribution in [1.29, 1.82) is 0 Å². The smallest absolute Gasteiger partial charge is 0.275 e. The van der Waals surface area contributed by atoms with E-state index in [0.717, 1.165) is 19.3 Å². The number of aromatic hydroxyl groups is 1. The molecule has 2 unspecified atom stereocenters. The third-order valence-corrected chi connectivity index (χ3v) is 5.63. The largest absolute Gasteiger partial charge is 0.503 e. The summed E-state index contributed by atoms with van der Waals surface area (Å²) in [5.74, 6) is -1.42. The molecule has 0 radical (unpaired) electrons. The van der Waals surface area contributed by atoms with Gasteiger partial charge < -0.3 is 20.3 Å². The minimum absolute atomic E-state index is 0. The lowest BCUT2D eigenvalue weighted by Crippen LogP contribution is -2.52. The molecule has 1 aromatic heterocycles. The highest BCUT2D eigenvalue weighted by molar-refractivity contribution is 5.99. The molecule has 30 heavy (non-hydrogen) atoms. The van der Waals surface area contributed by atoms with E-state index in [1.54, 1.807) is 6.08 Å². The number of pyridine rings is 1. The van der Waals surface area contributed by atoms with Gasteiger partial charge in [-0.05, 0) is 32.1 Å². The molecule has 1 saturated carbocycles. The van der Waals surface area contributed by atoms with Crippen LogP contribution in [-0.4, -0.2) is 38.5 Å². The number of allylic oxidation sites excluding steroid dienone is 5. The van der Waals surface area contributed by atoms with E-state index in [4.69, 9.17) is 5.73 Å². The number of primary amides is 1. The van der Waals surface area contributed by atoms with Gasteiger partial charge in [0.1, 0.15) is 5.56 Å². The standard InChI is InChI=1S/C14H15N3O4.C7H10.2FH/c15-13(20)8-4-16-5-9-6-1-2-7(3-6)17(9)14(21)10(16)12(19)11(8)18;1-3-5-7-6-4-2;;/h4,6-7,9,19H,1-3,5H2,(H2,15,20);3-7H,1H2,2H3;2*1H/t6?,7?,9-;;;/m0.../s1. The van der Waals surface area contributed by atoms with Gasteiger partial charge in [0.15, 0.2) is 11.4 Å². The van der Waals surface area contributed by atoms with Gasteiger partial charge in [0, 0.05) is 18.8 Å². The van der Waals surface area contributed by atoms with Crippen LogP contribution < -0.4 is 11.2 Å². The maximum atomic E-state index is 12.6. The molecule has 3 atom stereocenters. The number of amides is 2. The van der Waals surface area contributed by atoms with E-state index in [0.29, 0.717) is 12.5 Å². The lowest BCUT2D eigenvalue weighted by Gasteiger charge is -2.40. The molecule has 0 aromatic carbocycles. The zero-order valence-corrected chi connectivity index (χ0v) is 16.7. The molecule has 2 fully saturated rings. The van der Waals surface area contributed by atoms with Gasteiger partial charge in [0.05, 0.1) is 6.04 Å². The topological polar surface area (TPSA) is 106 Å². The zero-order chi connectivity index (χ0) is 20.4. The SMILES string of the molecule is C=CC=CC=CC.F.F.NC(=O)c1cn2c(c(O)c1=O)C(=O)N1C3CCC(C3)[C@@H]1C2. The summed E-state index contributed by atoms with van der Waals surface area (Å²) in [6.45, 7) is 5.99. The molecule has 1 aromatic rings. The quantitative estimate of drug-likeness (QED) is 0.728. The van der Waals surface area contributed by atoms with Crippen molar-refractivity contribution in [2.45, 2.75) is 44.8 Å². The zero-order valence-electron chi connectivity index (χ0n) is 16.7. The van der Waals surface area contributed by atoms with E-state index >= 15 is 0 Å². The second-order valence-electron chi connectivity index (χ2n) is 7.24. The van der Waals surface area contributed by atoms with Gasteiger partial charge in [-0.2, -0.15) is 0 Å². The number of rotatable bonds is 3. The van der Waals surface area contributed by atoms with Crippen LogP contribution >= 0.6 is 0 Å². The van der Waals surface area contributed by atoms with Gasteiger partial charge in [0.2, 0.25) is 5.43 Å². The molecule has 2 bridgehead atoms. The van der Waals surface area contributed by atoms with E-state index in [9.17, 15) is 19.5 Å². The lowest BCUT2D eigenvalue weighted by atomic mass is 9.95. The molecule has 3 aliphatic rings. The van der Waals surface area contributed by atoms with Crippen molar-refractivity contribution in [2.75, 3.05) is 0 Å². The maximum absolute atomic E-state index is 12.6. The summed E-state index contributed by atoms with van der Waals surface area (Å²) in [6, 6.07) is 0.304. The van der Waals surface area contributed by atoms with Crippen LogP contribution in [0.5, 0.6) is 5.75 Å². The fourth-order valence-electron chi connectivity index (χ4n) is 4.42. The Morgan fingerprint density at radius 1 is 1.23 bits per heavy atom. The van der Waals surface area contributed by atoms with Gasteiger partial charge in [0.25, 0.3) is 11.8 Å². The number of fused-ring (bicyclic) bond motifs is 6. The minimum atomic E-state index is -0.895. The van der Waals surface area contributed by atoms with Crippen LogP contribution in [0, 0.1) is 5.92 Å². The number of carbonyl (C=O) groups excluding carboxylic acids is 2. The molecule has 3 heterocycles. The summed E-state index contributed by atoms with van der Waals surface area (Å²) in [6.07, 6.45) is 13.9. The molecule has 1 aliphatic carbocycles. The van der Waals surface area contributed by atoms with Crippen molar-refractivity contribution in [2.24, 2.45) is 11.7 Å². The molecule has 1 saturated heterocycles. The number of nitrogens with two attached hydrogens (primary N) is 1. The number of carbonyl (C=O) groups is 2. The van der Waals surface area contributed by atoms with Gasteiger partial charge in [-0.25, -0.2) is 0 Å². The van der Waals surface area contributed by atoms with Crippen molar-refractivity contribution in [3.63, 3.8) is 0 Å². The summed E-state index contributed by atoms with van der Waals surface area (Å²) in [5, 5.41) is 10.0. The first-order valence-corrected chi connectivity index (χ1v) is 9.39. The van der Waals surface area contributed by atoms with Crippen LogP contribution in [-0.2, 0) is 6.54 Å². The van der Waals surface area contributed by atoms with Crippen molar-refractivity contribution in [1.82, 2.24) is 9.47 Å². The molecule has 0 spiro atoms. The molecule has 4 rings (SSSR count). The third-order valence-electron chi connectivity index (χ3n) is 5.63. The summed E-state index contributed by atoms with van der Waals surface area (Å²) in [5.41, 5.74) is 3.99. The molecular formula is C21H27F2N3O4. The Hall–Kier alpha value is -3.23. The van der Waals surface area contributed by atoms with E-state index in [1.165, 1.54) is 10.8 Å². The van der Waals surface area contributed by atoms with Crippen LogP contribution in [0.4, 0.5) is 9.41 Å². The third kappa shape index (κ3) is 4.19. The van der Waals surface area contributed by atoms with Crippen molar-refractivity contribution >= 4 is 11.8 Å². The monoisotopic (exact) mass is 423 g/mol. The van der Waals surface area contributed by atoms with Crippen LogP contribution in [0.2, 0.25) is 0 Å². The van der Waals surface area contributed by atoms with Crippen molar-refractivity contribution < 1.29 is 24.1 Å². The van der Waals surface area contributed by atoms with Crippen molar-refractivity contribution in [3.8, 4) is 5.75 Å². The maximum Gasteiger partial charge on any atom is 0.275 e. The number of hydrogen-bond donors (Lipinski definition) is 2. The summed E-state index contributed by atoms with van der Waals surface area (Å²) in [4.78, 5) is 37.7. The predicted molar refractivity (Wildman–Crippen MR) is 111 cm³/mol. The molecule has 9 heteroatoms. The molecule has 164 valence electrons. The Labute approximate surface area is 172 Å². The van der Waals surface area contributed by atoms with E-state index in [2.05, 4.69) is 6.58 Å². The van der Waals surface area contributed by atoms with Crippen LogP contribution in [0.25, 0.3) is 0 Å². The number of nitrogens with zero attached hydrogens (tertiary/aromatic N) is 2. The van der Waals surface area contributed by atoms with E-state index in [-0.39, 0.29) is 38.7 Å². The normalized spacial score (nSPS) is 23.2. The van der Waals surface area contributed by atoms with E-state index < -0.39 is 17.1 Å². The number of piperidine rings is 1. The number of hydrogen-bond acceptors (Lipinski definition) is 4. The highest BCUT2D eigenvalue weighted by atomic mass is 19.0. The van der Waals surface area contributed by atoms with Gasteiger partial charge >= 0.3 is 0 Å². The first-order chi connectivity index (χ1) is 13.4. The fraction of sp³-hybridized carbons (Fsp3) is 0.381. The first-order valence-electron chi connectivity index (χ1n) is 9.39. The Bertz CT molecular complexity index is 939. The predicted octanol–water partition coefficient (Wildman–Crippen LogP) is 2.27. The van der Waals surface area contributed by atoms with Gasteiger partial charge in [-0.1, -0.05) is 37.0 Å². The molecular weight excluding hydrogens is 396 g/mol. The fourth-order valence-corrected chi connectivity index (χ4v) is 4.42. The molecule has 3 N–H and O–H groups in total. The Balaban J connectivity index is 0.000000439. The molecule has 7 nitrogen and oxygen atoms in total. The molecule has 2 amide bonds. The van der Waals surface area contributed by atoms with E-state index in [1.807, 2.05) is 36.1 Å². The van der Waals surface area contributed by atoms with Gasteiger partial charge in [-0.15, -0.1) is 0 Å². The average Bonchev–Trinajstić information content (AvgIpc) is 3.27. The Morgan fingerprint density at radius 2 is 1.93 bits per heavy atom. The lowest BCUT2D eigenvalue weighted by molar-refractivity contribution is 0.0482. The summed E-state index contributed by atoms with van der Waals surface area (Å²) >= 11 is 0. The average molecular weight is 423 g/mol. The highest BCUT2D eigenvalue weighted by Gasteiger charge is 2.51. The number of halogens is 2. The number of aromatic nitrogens is 1. The summed E-state index contributed by atoms with van der Waals surface area (Å²) in [7, 11) is 0. The van der Waals surface area contributed by atoms with Gasteiger partial charge in [-0.3, -0.25) is 23.8 Å². The van der Waals surface area contributed by atoms with Crippen LogP contribution in [0.3, 0.4) is 0 Å². The second kappa shape index (κ2) is 10.00. The second-order valence-corrected chi connectivity index (χ2v) is 7.24. The Kier molecular flexibility index (Phi) is 8.27. The first kappa shape index (κ1) is 24.8. The van der Waals surface area contributed by atoms with Crippen LogP contribution in [0.1, 0.15) is 47.0 Å².